The van der Waals surface area contributed by atoms with E-state index in [4.69, 9.17) is 42.6 Å². The number of amides is 6. The lowest BCUT2D eigenvalue weighted by Crippen LogP contribution is -2.64. The van der Waals surface area contributed by atoms with Crippen LogP contribution < -0.4 is 26.0 Å². The van der Waals surface area contributed by atoms with E-state index in [0.717, 1.165) is 60.7 Å². The zero-order valence-electron chi connectivity index (χ0n) is 64.7. The fourth-order valence-electron chi connectivity index (χ4n) is 15.3. The normalized spacial score (nSPS) is 19.9. The molecule has 5 aromatic rings. The molecule has 0 bridgehead atoms. The average Bonchev–Trinajstić information content (AvgIpc) is 1.46. The van der Waals surface area contributed by atoms with Gasteiger partial charge < -0.3 is 78.2 Å². The van der Waals surface area contributed by atoms with E-state index in [0.29, 0.717) is 37.8 Å². The molecule has 2 fully saturated rings. The Morgan fingerprint density at radius 2 is 1.37 bits per heavy atom. The van der Waals surface area contributed by atoms with Crippen LogP contribution in [0.2, 0.25) is 0 Å². The highest BCUT2D eigenvalue weighted by molar-refractivity contribution is 7.09. The number of ether oxygens (including phenoxy) is 9. The number of hydrogen-bond donors (Lipinski definition) is 4. The number of benzene rings is 4. The van der Waals surface area contributed by atoms with E-state index in [9.17, 15) is 38.4 Å². The van der Waals surface area contributed by atoms with Crippen LogP contribution in [-0.2, 0) is 94.0 Å². The molecule has 2 aliphatic heterocycles. The number of methoxy groups -OCH3 is 3. The molecule has 4 N–H and O–H groups in total. The van der Waals surface area contributed by atoms with Crippen LogP contribution in [0.4, 0.5) is 10.5 Å². The molecular weight excluding hydrogens is 1410 g/mol. The summed E-state index contributed by atoms with van der Waals surface area (Å²) in [5, 5.41) is 14.5. The first-order valence-corrected chi connectivity index (χ1v) is 37.7. The summed E-state index contributed by atoms with van der Waals surface area (Å²) < 4.78 is 52.3. The number of rotatable bonds is 35. The number of nitrogens with zero attached hydrogens (tertiary/aromatic N) is 4. The largest absolute Gasteiger partial charge is 0.467 e. The Kier molecular flexibility index (Phi) is 30.2. The Morgan fingerprint density at radius 3 is 1.95 bits per heavy atom. The molecule has 108 heavy (non-hydrogen) atoms. The molecule has 8 rings (SSSR count). The molecule has 0 radical (unpaired) electrons. The van der Waals surface area contributed by atoms with E-state index in [1.807, 2.05) is 147 Å². The van der Waals surface area contributed by atoms with Gasteiger partial charge in [0.2, 0.25) is 36.0 Å². The first-order chi connectivity index (χ1) is 51.4. The molecule has 28 heteroatoms. The van der Waals surface area contributed by atoms with Gasteiger partial charge in [0.15, 0.2) is 24.4 Å². The second-order valence-corrected chi connectivity index (χ2v) is 30.2. The maximum absolute atomic E-state index is 15.3. The molecule has 14 atom stereocenters. The number of aromatic nitrogens is 1. The summed E-state index contributed by atoms with van der Waals surface area (Å²) in [4.78, 5) is 147. The summed E-state index contributed by atoms with van der Waals surface area (Å²) in [7, 11) is 9.50. The Morgan fingerprint density at radius 1 is 0.741 bits per heavy atom. The van der Waals surface area contributed by atoms with E-state index in [2.05, 4.69) is 26.3 Å². The fraction of sp³-hybridized carbons (Fsp3) is 0.537. The summed E-state index contributed by atoms with van der Waals surface area (Å²) >= 11 is 1.46. The summed E-state index contributed by atoms with van der Waals surface area (Å²) in [6.45, 7) is 16.8. The number of nitrogens with one attached hydrogen (secondary N) is 4. The lowest BCUT2D eigenvalue weighted by Gasteiger charge is -2.43. The Bertz CT molecular complexity index is 3890. The minimum absolute atomic E-state index is 0.000686. The first kappa shape index (κ1) is 84.3. The number of esters is 4. The molecule has 3 heterocycles. The topological polar surface area (TPSA) is 321 Å². The third-order valence-electron chi connectivity index (χ3n) is 20.4. The van der Waals surface area contributed by atoms with Crippen LogP contribution in [0.1, 0.15) is 141 Å². The third-order valence-corrected chi connectivity index (χ3v) is 21.3. The van der Waals surface area contributed by atoms with Gasteiger partial charge in [-0.05, 0) is 77.1 Å². The summed E-state index contributed by atoms with van der Waals surface area (Å²) in [6, 6.07) is 27.0. The Balaban J connectivity index is 0.998. The van der Waals surface area contributed by atoms with Gasteiger partial charge in [-0.1, -0.05) is 134 Å². The van der Waals surface area contributed by atoms with Crippen molar-refractivity contribution in [3.63, 3.8) is 0 Å². The monoisotopic (exact) mass is 1520 g/mol. The van der Waals surface area contributed by atoms with Gasteiger partial charge in [-0.3, -0.25) is 38.4 Å². The van der Waals surface area contributed by atoms with Crippen molar-refractivity contribution in [3.8, 4) is 16.9 Å². The number of hydrogen-bond acceptors (Lipinski definition) is 21. The van der Waals surface area contributed by atoms with Crippen LogP contribution in [-0.4, -0.2) is 208 Å². The predicted molar refractivity (Wildman–Crippen MR) is 401 cm³/mol. The van der Waals surface area contributed by atoms with E-state index < -0.39 is 127 Å². The quantitative estimate of drug-likeness (QED) is 0.0167. The molecule has 2 saturated heterocycles. The highest BCUT2D eigenvalue weighted by Gasteiger charge is 2.56. The first-order valence-electron chi connectivity index (χ1n) is 36.8. The van der Waals surface area contributed by atoms with Gasteiger partial charge in [0, 0.05) is 90.5 Å². The van der Waals surface area contributed by atoms with Crippen molar-refractivity contribution in [2.75, 3.05) is 67.5 Å². The molecule has 4 aromatic carbocycles. The number of quaternary nitrogens is 1. The number of thiazole rings is 1. The average molecular weight is 1520 g/mol. The van der Waals surface area contributed by atoms with Crippen LogP contribution in [0.25, 0.3) is 11.1 Å². The smallest absolute Gasteiger partial charge is 0.407 e. The van der Waals surface area contributed by atoms with Crippen molar-refractivity contribution in [1.82, 2.24) is 30.7 Å². The lowest BCUT2D eigenvalue weighted by molar-refractivity contribution is -0.922. The molecular formula is C80H107N8O19S+. The second kappa shape index (κ2) is 38.6. The maximum atomic E-state index is 15.3. The molecule has 6 amide bonds. The van der Waals surface area contributed by atoms with Crippen molar-refractivity contribution < 1.29 is 95.1 Å². The van der Waals surface area contributed by atoms with Gasteiger partial charge in [0.05, 0.1) is 69.6 Å². The molecule has 586 valence electrons. The fourth-order valence-corrected chi connectivity index (χ4v) is 16.0. The minimum atomic E-state index is -1.82. The van der Waals surface area contributed by atoms with Crippen LogP contribution in [0, 0.1) is 23.7 Å². The van der Waals surface area contributed by atoms with Crippen LogP contribution >= 0.6 is 11.3 Å². The van der Waals surface area contributed by atoms with Crippen molar-refractivity contribution >= 4 is 76.5 Å². The van der Waals surface area contributed by atoms with Crippen molar-refractivity contribution in [2.45, 2.75) is 193 Å². The van der Waals surface area contributed by atoms with Crippen molar-refractivity contribution in [2.24, 2.45) is 23.7 Å². The SMILES string of the molecule is CC[C@H](C)[C@@H]([C@@H](CC(=O)N1CCCC1[C@H](OC)[C@@H](C)C(=O)N[C@@H](Cc1ccccc1)c1nccs1)OC)N(C)C(=O)C(NC(=O)C(C(C)C)[N+](C)(C)Cc1ccc(O[C@@H]2O[C@H](C(=O)OC)[C@@H](OC(C)=O)[C@H](OC(C)=O)[C@H]2OC(C)=O)c(NC(=O)CCNC(=O)OCC2c3ccccc3-c3ccccc32)c1)C(C)C. The highest BCUT2D eigenvalue weighted by Crippen LogP contribution is 2.45. The number of anilines is 1. The maximum Gasteiger partial charge on any atom is 0.407 e. The van der Waals surface area contributed by atoms with E-state index >= 15 is 9.59 Å². The molecule has 0 saturated carbocycles. The van der Waals surface area contributed by atoms with Gasteiger partial charge in [0.25, 0.3) is 5.91 Å². The summed E-state index contributed by atoms with van der Waals surface area (Å²) in [5.41, 5.74) is 5.73. The van der Waals surface area contributed by atoms with E-state index in [1.165, 1.54) is 24.5 Å². The standard InChI is InChI=1S/C80H106N8O19S/c1-17-47(6)67(63(99-14)42-65(93)87-38-25-32-61(87)69(100-15)48(7)74(94)84-60(76-81-37-39-108-76)40-52-26-19-18-20-27-52)86(11)77(96)66(45(2)3)85-75(95)68(46(4)5)88(12,13)43-53-33-34-62(106-79-73(105-51(10)91)71(104-50(9)90)70(103-49(8)89)72(107-79)78(97)101-16)59(41-53)83-64(92)35-36-82-80(98)102-44-58-56-30-23-21-28-54(56)55-29-22-24-31-57(55)58/h18-24,26-31,33-34,37,39,41,45-48,58,60-61,63,66-73,79H,17,25,32,35-36,38,40,42-44H2,1-16H3,(H3-,82,83,84,85,92,94,95,98)/p+1/t47-,48+,60-,61?,63+,66?,67-,68?,69+,70-,71-,72-,73+,79+/m0/s1. The van der Waals surface area contributed by atoms with Crippen LogP contribution in [0.5, 0.6) is 5.75 Å². The summed E-state index contributed by atoms with van der Waals surface area (Å²) in [6.07, 6.45) is -7.18. The Hall–Kier alpha value is -9.35. The minimum Gasteiger partial charge on any atom is -0.467 e. The van der Waals surface area contributed by atoms with Gasteiger partial charge in [-0.2, -0.15) is 0 Å². The molecule has 3 unspecified atom stereocenters. The van der Waals surface area contributed by atoms with Gasteiger partial charge >= 0.3 is 30.0 Å². The van der Waals surface area contributed by atoms with Gasteiger partial charge in [-0.15, -0.1) is 11.3 Å². The van der Waals surface area contributed by atoms with E-state index in [-0.39, 0.29) is 84.1 Å². The number of fused-ring (bicyclic) bond motifs is 3. The van der Waals surface area contributed by atoms with Crippen LogP contribution in [0.15, 0.2) is 109 Å². The zero-order valence-corrected chi connectivity index (χ0v) is 65.5. The van der Waals surface area contributed by atoms with Gasteiger partial charge in [0.1, 0.15) is 30.0 Å². The van der Waals surface area contributed by atoms with Crippen molar-refractivity contribution in [3.05, 3.63) is 136 Å². The second-order valence-electron chi connectivity index (χ2n) is 29.2. The molecule has 3 aliphatic rings. The number of carbonyl (C=O) groups excluding carboxylic acids is 10. The summed E-state index contributed by atoms with van der Waals surface area (Å²) in [5.74, 6) is -7.67. The predicted octanol–water partition coefficient (Wildman–Crippen LogP) is 8.84. The van der Waals surface area contributed by atoms with E-state index in [1.54, 1.807) is 42.3 Å². The number of likely N-dealkylation sites (N-methyl/N-ethyl adjacent to an activating group) is 2. The number of carbonyl (C=O) groups is 10. The highest BCUT2D eigenvalue weighted by atomic mass is 32.1. The zero-order chi connectivity index (χ0) is 78.8. The third kappa shape index (κ3) is 21.1. The number of alkyl carbamates (subject to hydrolysis) is 1. The molecule has 1 aromatic heterocycles. The van der Waals surface area contributed by atoms with Crippen LogP contribution in [0.3, 0.4) is 0 Å². The molecule has 1 aliphatic carbocycles. The molecule has 27 nitrogen and oxygen atoms in total. The Labute approximate surface area is 636 Å². The molecule has 0 spiro atoms. The number of likely N-dealkylation sites (tertiary alicyclic amines) is 1. The van der Waals surface area contributed by atoms with Crippen molar-refractivity contribution in [1.29, 1.82) is 0 Å². The van der Waals surface area contributed by atoms with Gasteiger partial charge in [-0.25, -0.2) is 14.6 Å². The lowest BCUT2D eigenvalue weighted by atomic mass is 9.89.